The molecule has 0 aliphatic carbocycles. The van der Waals surface area contributed by atoms with E-state index in [0.29, 0.717) is 4.91 Å². The maximum Gasteiger partial charge on any atom is 0.519 e. The minimum Gasteiger partial charge on any atom is -0.453 e. The highest BCUT2D eigenvalue weighted by atomic mass is 32.2. The number of amides is 1. The van der Waals surface area contributed by atoms with Crippen molar-refractivity contribution in [3.05, 3.63) is 32.7 Å². The molecule has 2 aliphatic rings. The number of rotatable bonds is 6. The fourth-order valence-corrected chi connectivity index (χ4v) is 4.36. The standard InChI is InChI=1S/C15H17NO8S/c1-6(17)10-12(18)16-11(9(5-21-3)25-13(10)16)14(19)22-4-8-7(2)23-15(20)24-8/h6,10,13,17H,4-5H2,1-3H3/t6-,10+,13-/m1/s1. The highest BCUT2D eigenvalue weighted by Crippen LogP contribution is 2.50. The van der Waals surface area contributed by atoms with Crippen LogP contribution in [0.5, 0.6) is 0 Å². The predicted octanol–water partition coefficient (Wildman–Crippen LogP) is 0.355. The van der Waals surface area contributed by atoms with E-state index in [4.69, 9.17) is 18.3 Å². The average molecular weight is 371 g/mol. The molecule has 10 heteroatoms. The van der Waals surface area contributed by atoms with Crippen molar-refractivity contribution in [2.75, 3.05) is 13.7 Å². The molecule has 1 amide bonds. The van der Waals surface area contributed by atoms with E-state index >= 15 is 0 Å². The van der Waals surface area contributed by atoms with Gasteiger partial charge in [-0.05, 0) is 13.8 Å². The highest BCUT2D eigenvalue weighted by molar-refractivity contribution is 8.04. The van der Waals surface area contributed by atoms with Crippen LogP contribution >= 0.6 is 11.8 Å². The van der Waals surface area contributed by atoms with Crippen LogP contribution in [0.1, 0.15) is 18.4 Å². The summed E-state index contributed by atoms with van der Waals surface area (Å²) in [5.41, 5.74) is 0.0993. The number of ether oxygens (including phenoxy) is 2. The molecule has 0 bridgehead atoms. The first-order chi connectivity index (χ1) is 11.8. The monoisotopic (exact) mass is 371 g/mol. The minimum atomic E-state index is -0.878. The zero-order valence-corrected chi connectivity index (χ0v) is 14.6. The van der Waals surface area contributed by atoms with Crippen LogP contribution in [0.4, 0.5) is 0 Å². The summed E-state index contributed by atoms with van der Waals surface area (Å²) in [6, 6.07) is 0. The molecule has 1 N–H and O–H groups in total. The van der Waals surface area contributed by atoms with Crippen molar-refractivity contribution in [3.8, 4) is 0 Å². The Balaban J connectivity index is 1.77. The summed E-state index contributed by atoms with van der Waals surface area (Å²) in [5.74, 6) is -2.20. The van der Waals surface area contributed by atoms with E-state index in [1.807, 2.05) is 0 Å². The smallest absolute Gasteiger partial charge is 0.453 e. The number of nitrogens with zero attached hydrogens (tertiary/aromatic N) is 1. The van der Waals surface area contributed by atoms with Gasteiger partial charge in [0, 0.05) is 12.0 Å². The molecule has 3 heterocycles. The summed E-state index contributed by atoms with van der Waals surface area (Å²) in [7, 11) is 1.48. The molecule has 2 aliphatic heterocycles. The number of esters is 1. The number of carbonyl (C=O) groups is 2. The Labute approximate surface area is 146 Å². The summed E-state index contributed by atoms with van der Waals surface area (Å²) in [6.07, 6.45) is -0.816. The Kier molecular flexibility index (Phi) is 4.76. The molecule has 0 unspecified atom stereocenters. The lowest BCUT2D eigenvalue weighted by molar-refractivity contribution is -0.158. The van der Waals surface area contributed by atoms with Gasteiger partial charge in [0.1, 0.15) is 11.1 Å². The number of hydrogen-bond acceptors (Lipinski definition) is 9. The number of hydrogen-bond donors (Lipinski definition) is 1. The van der Waals surface area contributed by atoms with Gasteiger partial charge in [-0.25, -0.2) is 9.59 Å². The molecule has 1 saturated heterocycles. The van der Waals surface area contributed by atoms with Crippen molar-refractivity contribution in [1.29, 1.82) is 0 Å². The van der Waals surface area contributed by atoms with Gasteiger partial charge in [0.15, 0.2) is 18.1 Å². The third-order valence-corrected chi connectivity index (χ3v) is 5.35. The molecular formula is C15H17NO8S. The Morgan fingerprint density at radius 3 is 2.64 bits per heavy atom. The normalized spacial score (nSPS) is 23.5. The summed E-state index contributed by atoms with van der Waals surface area (Å²) in [5, 5.41) is 9.38. The summed E-state index contributed by atoms with van der Waals surface area (Å²) in [6.45, 7) is 2.90. The predicted molar refractivity (Wildman–Crippen MR) is 84.1 cm³/mol. The van der Waals surface area contributed by atoms with Crippen LogP contribution in [0.3, 0.4) is 0 Å². The molecule has 136 valence electrons. The molecule has 25 heavy (non-hydrogen) atoms. The maximum absolute atomic E-state index is 12.5. The molecule has 1 aromatic rings. The van der Waals surface area contributed by atoms with Gasteiger partial charge < -0.3 is 23.4 Å². The van der Waals surface area contributed by atoms with E-state index in [1.54, 1.807) is 0 Å². The Morgan fingerprint density at radius 2 is 2.08 bits per heavy atom. The Bertz CT molecular complexity index is 792. The second-order valence-corrected chi connectivity index (χ2v) is 6.91. The lowest BCUT2D eigenvalue weighted by Crippen LogP contribution is -2.60. The fraction of sp³-hybridized carbons (Fsp3) is 0.533. The van der Waals surface area contributed by atoms with E-state index in [9.17, 15) is 19.5 Å². The van der Waals surface area contributed by atoms with Crippen LogP contribution in [-0.2, 0) is 25.7 Å². The zero-order valence-electron chi connectivity index (χ0n) is 13.8. The van der Waals surface area contributed by atoms with Crippen molar-refractivity contribution < 1.29 is 33.0 Å². The number of β-lactam (4-membered cyclic amide) rings is 1. The fourth-order valence-electron chi connectivity index (χ4n) is 2.78. The first-order valence-corrected chi connectivity index (χ1v) is 8.39. The van der Waals surface area contributed by atoms with Crippen LogP contribution in [0.15, 0.2) is 24.2 Å². The summed E-state index contributed by atoms with van der Waals surface area (Å²) in [4.78, 5) is 37.6. The minimum absolute atomic E-state index is 0.0993. The van der Waals surface area contributed by atoms with Gasteiger partial charge in [-0.2, -0.15) is 0 Å². The van der Waals surface area contributed by atoms with E-state index in [1.165, 1.54) is 37.6 Å². The van der Waals surface area contributed by atoms with Gasteiger partial charge in [0.25, 0.3) is 0 Å². The molecule has 1 aromatic heterocycles. The van der Waals surface area contributed by atoms with Gasteiger partial charge in [0.05, 0.1) is 18.6 Å². The molecule has 1 fully saturated rings. The number of thioether (sulfide) groups is 1. The van der Waals surface area contributed by atoms with Crippen LogP contribution in [0.2, 0.25) is 0 Å². The van der Waals surface area contributed by atoms with E-state index in [2.05, 4.69) is 0 Å². The lowest BCUT2D eigenvalue weighted by Gasteiger charge is -2.43. The van der Waals surface area contributed by atoms with E-state index in [0.717, 1.165) is 0 Å². The number of fused-ring (bicyclic) bond motifs is 1. The zero-order chi connectivity index (χ0) is 18.3. The van der Waals surface area contributed by atoms with E-state index < -0.39 is 23.8 Å². The van der Waals surface area contributed by atoms with Gasteiger partial charge in [-0.1, -0.05) is 11.8 Å². The molecule has 3 atom stereocenters. The summed E-state index contributed by atoms with van der Waals surface area (Å²) >= 11 is 1.30. The molecule has 0 saturated carbocycles. The van der Waals surface area contributed by atoms with Gasteiger partial charge in [0.2, 0.25) is 5.91 Å². The van der Waals surface area contributed by atoms with Crippen LogP contribution in [-0.4, -0.2) is 47.1 Å². The Hall–Kier alpha value is -2.04. The van der Waals surface area contributed by atoms with Crippen molar-refractivity contribution in [3.63, 3.8) is 0 Å². The molecule has 0 radical (unpaired) electrons. The third kappa shape index (κ3) is 3.00. The molecule has 0 aromatic carbocycles. The number of aliphatic hydroxyl groups excluding tert-OH is 1. The quantitative estimate of drug-likeness (QED) is 0.558. The summed E-state index contributed by atoms with van der Waals surface area (Å²) < 4.78 is 19.7. The topological polar surface area (TPSA) is 119 Å². The molecule has 9 nitrogen and oxygen atoms in total. The van der Waals surface area contributed by atoms with E-state index in [-0.39, 0.29) is 41.7 Å². The largest absolute Gasteiger partial charge is 0.519 e. The second-order valence-electron chi connectivity index (χ2n) is 5.70. The average Bonchev–Trinajstić information content (AvgIpc) is 3.02. The number of aliphatic hydroxyl groups is 1. The van der Waals surface area contributed by atoms with Crippen LogP contribution in [0.25, 0.3) is 0 Å². The van der Waals surface area contributed by atoms with Gasteiger partial charge >= 0.3 is 11.8 Å². The number of carbonyl (C=O) groups excluding carboxylic acids is 2. The lowest BCUT2D eigenvalue weighted by atomic mass is 9.92. The second kappa shape index (κ2) is 6.70. The maximum atomic E-state index is 12.5. The molecular weight excluding hydrogens is 354 g/mol. The first-order valence-electron chi connectivity index (χ1n) is 7.51. The highest BCUT2D eigenvalue weighted by Gasteiger charge is 2.57. The van der Waals surface area contributed by atoms with Gasteiger partial charge in [-0.15, -0.1) is 0 Å². The van der Waals surface area contributed by atoms with Crippen LogP contribution in [0, 0.1) is 12.8 Å². The van der Waals surface area contributed by atoms with Crippen molar-refractivity contribution in [2.45, 2.75) is 31.9 Å². The molecule has 0 spiro atoms. The van der Waals surface area contributed by atoms with Crippen molar-refractivity contribution in [1.82, 2.24) is 4.90 Å². The van der Waals surface area contributed by atoms with Crippen LogP contribution < -0.4 is 5.82 Å². The van der Waals surface area contributed by atoms with Crippen molar-refractivity contribution >= 4 is 23.6 Å². The Morgan fingerprint density at radius 1 is 1.36 bits per heavy atom. The van der Waals surface area contributed by atoms with Crippen molar-refractivity contribution in [2.24, 2.45) is 5.92 Å². The molecule has 3 rings (SSSR count). The first kappa shape index (κ1) is 17.8. The third-order valence-electron chi connectivity index (χ3n) is 4.01. The number of aryl methyl sites for hydroxylation is 1. The van der Waals surface area contributed by atoms with Gasteiger partial charge in [-0.3, -0.25) is 9.69 Å². The number of methoxy groups -OCH3 is 1. The SMILES string of the molecule is COCC1=C(C(=O)OCc2oc(=O)oc2C)N2C(=O)[C@H]([C@@H](C)O)[C@H]2S1.